The Kier molecular flexibility index (Phi) is 9.32. The van der Waals surface area contributed by atoms with E-state index in [9.17, 15) is 0 Å². The van der Waals surface area contributed by atoms with E-state index in [1.54, 1.807) is 0 Å². The van der Waals surface area contributed by atoms with Crippen LogP contribution in [0.2, 0.25) is 0 Å². The first kappa shape index (κ1) is 44.2. The summed E-state index contributed by atoms with van der Waals surface area (Å²) in [7, 11) is 0. The van der Waals surface area contributed by atoms with Gasteiger partial charge in [0.1, 0.15) is 0 Å². The molecule has 0 spiro atoms. The van der Waals surface area contributed by atoms with Crippen molar-refractivity contribution in [2.45, 2.75) is 148 Å². The molecule has 348 valence electrons. The van der Waals surface area contributed by atoms with E-state index in [4.69, 9.17) is 0 Å². The molecule has 7 aromatic rings. The molecule has 1 fully saturated rings. The highest BCUT2D eigenvalue weighted by Crippen LogP contribution is 2.63. The molecule has 0 saturated heterocycles. The lowest BCUT2D eigenvalue weighted by atomic mass is 9.33. The van der Waals surface area contributed by atoms with E-state index in [2.05, 4.69) is 244 Å². The fourth-order valence-corrected chi connectivity index (χ4v) is 13.6. The zero-order valence-electron chi connectivity index (χ0n) is 43.5. The lowest BCUT2D eigenvalue weighted by Crippen LogP contribution is -2.61. The van der Waals surface area contributed by atoms with Gasteiger partial charge < -0.3 is 14.7 Å². The van der Waals surface area contributed by atoms with Crippen molar-refractivity contribution in [1.29, 1.82) is 0 Å². The quantitative estimate of drug-likeness (QED) is 0.160. The Bertz CT molecular complexity index is 3270. The summed E-state index contributed by atoms with van der Waals surface area (Å²) in [5.41, 5.74) is 24.5. The second-order valence-electron chi connectivity index (χ2n) is 25.4. The number of hydrogen-bond donors (Lipinski definition) is 0. The second kappa shape index (κ2) is 14.5. The first-order valence-electron chi connectivity index (χ1n) is 25.9. The highest BCUT2D eigenvalue weighted by Gasteiger charge is 2.59. The first-order chi connectivity index (χ1) is 32.6. The normalized spacial score (nSPS) is 20.7. The standard InChI is InChI=1S/C65H70BN3/c1-60(2,3)42-29-31-53(47(35-42)41-22-15-14-16-23-41)68-54-27-18-17-26-51(54)66-52-30-28-43(61(4,5)6)36-56(52)67-45-25-21-24-44(34-45)63(10,11)49-40-55-50(39-48(49)62(7,8)9)64(12)32-19-20-33-65(64,13)69(55)46-37-57(67)59(66)58(68)38-46/h14-18,21-31,34-40H,19-20,32-33H2,1-13H3. The van der Waals surface area contributed by atoms with Crippen molar-refractivity contribution in [3.05, 3.63) is 173 Å². The predicted octanol–water partition coefficient (Wildman–Crippen LogP) is 15.7. The van der Waals surface area contributed by atoms with Gasteiger partial charge in [-0.3, -0.25) is 0 Å². The summed E-state index contributed by atoms with van der Waals surface area (Å²) in [6, 6.07) is 55.4. The third kappa shape index (κ3) is 6.25. The molecule has 69 heavy (non-hydrogen) atoms. The molecule has 0 radical (unpaired) electrons. The molecule has 0 aromatic heterocycles. The number of nitrogens with zero attached hydrogens (tertiary/aromatic N) is 3. The fraction of sp³-hybridized carbons (Fsp3) is 0.354. The summed E-state index contributed by atoms with van der Waals surface area (Å²) >= 11 is 0. The Morgan fingerprint density at radius 1 is 0.464 bits per heavy atom. The maximum absolute atomic E-state index is 2.87. The van der Waals surface area contributed by atoms with Crippen molar-refractivity contribution in [2.75, 3.05) is 14.7 Å². The van der Waals surface area contributed by atoms with Crippen molar-refractivity contribution in [2.24, 2.45) is 0 Å². The second-order valence-corrected chi connectivity index (χ2v) is 25.4. The van der Waals surface area contributed by atoms with Gasteiger partial charge in [-0.05, 0) is 146 Å². The highest BCUT2D eigenvalue weighted by atomic mass is 15.3. The van der Waals surface area contributed by atoms with Gasteiger partial charge in [0, 0.05) is 56.2 Å². The van der Waals surface area contributed by atoms with Crippen molar-refractivity contribution in [1.82, 2.24) is 0 Å². The molecular weight excluding hydrogens is 834 g/mol. The molecule has 1 aliphatic carbocycles. The van der Waals surface area contributed by atoms with Crippen LogP contribution in [0.3, 0.4) is 0 Å². The minimum atomic E-state index is -0.279. The maximum atomic E-state index is 2.87. The Morgan fingerprint density at radius 2 is 1.12 bits per heavy atom. The van der Waals surface area contributed by atoms with E-state index in [1.165, 1.54) is 126 Å². The van der Waals surface area contributed by atoms with Gasteiger partial charge in [0.05, 0.1) is 11.2 Å². The van der Waals surface area contributed by atoms with E-state index in [0.29, 0.717) is 0 Å². The fourth-order valence-electron chi connectivity index (χ4n) is 13.6. The van der Waals surface area contributed by atoms with Crippen LogP contribution in [0.1, 0.15) is 149 Å². The molecule has 12 rings (SSSR count). The SMILES string of the molecule is CC(C)(C)c1ccc(N2c3ccccc3B3c4ccc(C(C)(C)C)cc4N4c5cccc(c5)C(C)(C)c5cc6c(cc5C(C)(C)C)C5(C)CCCCC5(C)N6c5cc4c3c2c5)c(-c2ccccc2)c1. The summed E-state index contributed by atoms with van der Waals surface area (Å²) in [5.74, 6) is 0. The van der Waals surface area contributed by atoms with Gasteiger partial charge in [-0.15, -0.1) is 0 Å². The van der Waals surface area contributed by atoms with E-state index >= 15 is 0 Å². The Hall–Kier alpha value is -6.00. The van der Waals surface area contributed by atoms with Crippen LogP contribution in [0.5, 0.6) is 0 Å². The number of fused-ring (bicyclic) bond motifs is 14. The predicted molar refractivity (Wildman–Crippen MR) is 297 cm³/mol. The zero-order valence-corrected chi connectivity index (χ0v) is 43.5. The number of para-hydroxylation sites is 1. The average molecular weight is 904 g/mol. The van der Waals surface area contributed by atoms with E-state index in [1.807, 2.05) is 0 Å². The third-order valence-electron chi connectivity index (χ3n) is 17.8. The molecule has 4 heteroatoms. The van der Waals surface area contributed by atoms with Crippen LogP contribution in [0.25, 0.3) is 11.1 Å². The summed E-state index contributed by atoms with van der Waals surface area (Å²) in [6.07, 6.45) is 4.78. The van der Waals surface area contributed by atoms with Crippen molar-refractivity contribution < 1.29 is 0 Å². The largest absolute Gasteiger partial charge is 0.334 e. The number of rotatable bonds is 2. The van der Waals surface area contributed by atoms with Gasteiger partial charge in [0.15, 0.2) is 0 Å². The van der Waals surface area contributed by atoms with Gasteiger partial charge in [0.25, 0.3) is 6.71 Å². The van der Waals surface area contributed by atoms with Gasteiger partial charge in [0.2, 0.25) is 0 Å². The molecular formula is C65H70BN3. The van der Waals surface area contributed by atoms with Gasteiger partial charge in [-0.25, -0.2) is 0 Å². The molecule has 0 amide bonds. The van der Waals surface area contributed by atoms with Crippen LogP contribution in [0.15, 0.2) is 140 Å². The van der Waals surface area contributed by atoms with Crippen molar-refractivity contribution in [3.8, 4) is 11.1 Å². The van der Waals surface area contributed by atoms with Crippen LogP contribution in [-0.2, 0) is 27.1 Å². The minimum absolute atomic E-state index is 0.0206. The Morgan fingerprint density at radius 3 is 1.84 bits per heavy atom. The minimum Gasteiger partial charge on any atom is -0.334 e. The molecule has 4 heterocycles. The monoisotopic (exact) mass is 904 g/mol. The smallest absolute Gasteiger partial charge is 0.252 e. The molecule has 7 aromatic carbocycles. The summed E-state index contributed by atoms with van der Waals surface area (Å²) in [6.45, 7) is 31.6. The highest BCUT2D eigenvalue weighted by molar-refractivity contribution is 7.00. The van der Waals surface area contributed by atoms with E-state index in [0.717, 1.165) is 6.42 Å². The van der Waals surface area contributed by atoms with Crippen LogP contribution in [0.4, 0.5) is 45.5 Å². The summed E-state index contributed by atoms with van der Waals surface area (Å²) in [5, 5.41) is 0. The topological polar surface area (TPSA) is 9.72 Å². The Labute approximate surface area is 413 Å². The molecule has 3 nitrogen and oxygen atoms in total. The van der Waals surface area contributed by atoms with Crippen LogP contribution in [0, 0.1) is 0 Å². The third-order valence-corrected chi connectivity index (χ3v) is 17.8. The number of anilines is 8. The van der Waals surface area contributed by atoms with E-state index < -0.39 is 0 Å². The van der Waals surface area contributed by atoms with Crippen LogP contribution in [-0.4, -0.2) is 12.3 Å². The van der Waals surface area contributed by atoms with Crippen LogP contribution < -0.4 is 31.1 Å². The van der Waals surface area contributed by atoms with Gasteiger partial charge >= 0.3 is 0 Å². The van der Waals surface area contributed by atoms with Crippen molar-refractivity contribution in [3.63, 3.8) is 0 Å². The molecule has 1 saturated carbocycles. The number of benzene rings is 7. The van der Waals surface area contributed by atoms with Crippen molar-refractivity contribution >= 4 is 68.6 Å². The first-order valence-corrected chi connectivity index (χ1v) is 25.9. The molecule has 6 bridgehead atoms. The summed E-state index contributed by atoms with van der Waals surface area (Å²) in [4.78, 5) is 8.21. The molecule has 2 unspecified atom stereocenters. The molecule has 4 aliphatic heterocycles. The number of hydrogen-bond acceptors (Lipinski definition) is 3. The van der Waals surface area contributed by atoms with Gasteiger partial charge in [-0.1, -0.05) is 181 Å². The van der Waals surface area contributed by atoms with E-state index in [-0.39, 0.29) is 39.3 Å². The molecule has 5 aliphatic rings. The maximum Gasteiger partial charge on any atom is 0.252 e. The lowest BCUT2D eigenvalue weighted by Gasteiger charge is -2.51. The molecule has 2 atom stereocenters. The summed E-state index contributed by atoms with van der Waals surface area (Å²) < 4.78 is 0. The van der Waals surface area contributed by atoms with Crippen LogP contribution >= 0.6 is 0 Å². The lowest BCUT2D eigenvalue weighted by molar-refractivity contribution is 0.195. The molecule has 0 N–H and O–H groups in total. The zero-order chi connectivity index (χ0) is 48.4. The Balaban J connectivity index is 1.26. The average Bonchev–Trinajstić information content (AvgIpc) is 3.52. The van der Waals surface area contributed by atoms with Gasteiger partial charge in [-0.2, -0.15) is 0 Å².